The van der Waals surface area contributed by atoms with Gasteiger partial charge in [-0.2, -0.15) is 0 Å². The van der Waals surface area contributed by atoms with Gasteiger partial charge in [0.1, 0.15) is 5.82 Å². The van der Waals surface area contributed by atoms with Gasteiger partial charge < -0.3 is 10.3 Å². The lowest BCUT2D eigenvalue weighted by Crippen LogP contribution is -2.10. The van der Waals surface area contributed by atoms with Crippen molar-refractivity contribution in [2.24, 2.45) is 7.05 Å². The van der Waals surface area contributed by atoms with Crippen molar-refractivity contribution in [3.05, 3.63) is 42.1 Å². The third-order valence-electron chi connectivity index (χ3n) is 2.28. The molecule has 82 valence electrons. The molecule has 0 saturated carbocycles. The normalized spacial score (nSPS) is 10.3. The average Bonchev–Trinajstić information content (AvgIpc) is 2.64. The van der Waals surface area contributed by atoms with Crippen LogP contribution in [0.1, 0.15) is 16.2 Å². The molecular formula is C11H12N4O. The van der Waals surface area contributed by atoms with Gasteiger partial charge in [0.15, 0.2) is 5.82 Å². The predicted octanol–water partition coefficient (Wildman–Crippen LogP) is 0.823. The van der Waals surface area contributed by atoms with Gasteiger partial charge in [0.25, 0.3) is 0 Å². The topological polar surface area (TPSA) is 73.8 Å². The molecule has 0 fully saturated rings. The van der Waals surface area contributed by atoms with E-state index < -0.39 is 0 Å². The molecule has 0 aromatic carbocycles. The summed E-state index contributed by atoms with van der Waals surface area (Å²) in [6, 6.07) is 3.47. The number of rotatable bonds is 3. The molecule has 5 nitrogen and oxygen atoms in total. The van der Waals surface area contributed by atoms with Crippen molar-refractivity contribution < 1.29 is 4.79 Å². The Kier molecular flexibility index (Phi) is 2.68. The lowest BCUT2D eigenvalue weighted by atomic mass is 10.1. The number of aryl methyl sites for hydroxylation is 1. The number of hydrogen-bond acceptors (Lipinski definition) is 4. The van der Waals surface area contributed by atoms with Crippen LogP contribution in [0.3, 0.4) is 0 Å². The zero-order valence-corrected chi connectivity index (χ0v) is 8.92. The Labute approximate surface area is 92.9 Å². The molecule has 0 aliphatic carbocycles. The van der Waals surface area contributed by atoms with E-state index in [1.807, 2.05) is 0 Å². The van der Waals surface area contributed by atoms with Crippen LogP contribution < -0.4 is 5.73 Å². The minimum Gasteiger partial charge on any atom is -0.384 e. The smallest absolute Gasteiger partial charge is 0.202 e. The molecule has 2 aromatic heterocycles. The van der Waals surface area contributed by atoms with Gasteiger partial charge in [-0.05, 0) is 17.7 Å². The molecule has 0 amide bonds. The SMILES string of the molecule is Cn1ccnc1C(=O)Cc1ccnc(N)c1. The molecule has 2 rings (SSSR count). The molecule has 0 atom stereocenters. The number of imidazole rings is 1. The third-order valence-corrected chi connectivity index (χ3v) is 2.28. The zero-order valence-electron chi connectivity index (χ0n) is 8.92. The Morgan fingerprint density at radius 2 is 2.25 bits per heavy atom. The number of carbonyl (C=O) groups excluding carboxylic acids is 1. The summed E-state index contributed by atoms with van der Waals surface area (Å²) in [4.78, 5) is 19.7. The summed E-state index contributed by atoms with van der Waals surface area (Å²) >= 11 is 0. The third kappa shape index (κ3) is 2.08. The summed E-state index contributed by atoms with van der Waals surface area (Å²) in [7, 11) is 1.79. The van der Waals surface area contributed by atoms with E-state index in [9.17, 15) is 4.79 Å². The molecule has 5 heteroatoms. The molecule has 0 bridgehead atoms. The summed E-state index contributed by atoms with van der Waals surface area (Å²) in [5, 5.41) is 0. The number of aromatic nitrogens is 3. The fraction of sp³-hybridized carbons (Fsp3) is 0.182. The number of carbonyl (C=O) groups is 1. The van der Waals surface area contributed by atoms with Crippen molar-refractivity contribution in [1.29, 1.82) is 0 Å². The number of nitrogens with two attached hydrogens (primary N) is 1. The molecule has 2 aromatic rings. The number of nitrogen functional groups attached to an aromatic ring is 1. The standard InChI is InChI=1S/C11H12N4O/c1-15-5-4-14-11(15)9(16)6-8-2-3-13-10(12)7-8/h2-5,7H,6H2,1H3,(H2,12,13). The van der Waals surface area contributed by atoms with E-state index in [1.165, 1.54) is 0 Å². The lowest BCUT2D eigenvalue weighted by molar-refractivity contribution is 0.0980. The van der Waals surface area contributed by atoms with Crippen molar-refractivity contribution in [2.75, 3.05) is 5.73 Å². The predicted molar refractivity (Wildman–Crippen MR) is 59.9 cm³/mol. The number of hydrogen-bond donors (Lipinski definition) is 1. The van der Waals surface area contributed by atoms with Crippen LogP contribution in [0.15, 0.2) is 30.7 Å². The Morgan fingerprint density at radius 3 is 2.88 bits per heavy atom. The molecule has 0 saturated heterocycles. The van der Waals surface area contributed by atoms with Crippen LogP contribution >= 0.6 is 0 Å². The van der Waals surface area contributed by atoms with Gasteiger partial charge in [-0.1, -0.05) is 0 Å². The van der Waals surface area contributed by atoms with Gasteiger partial charge in [-0.15, -0.1) is 0 Å². The molecule has 2 N–H and O–H groups in total. The first kappa shape index (κ1) is 10.4. The zero-order chi connectivity index (χ0) is 11.5. The molecule has 16 heavy (non-hydrogen) atoms. The number of Topliss-reactive ketones (excluding diaryl/α,β-unsaturated/α-hetero) is 1. The molecule has 0 radical (unpaired) electrons. The minimum absolute atomic E-state index is 0.0295. The lowest BCUT2D eigenvalue weighted by Gasteiger charge is -2.02. The highest BCUT2D eigenvalue weighted by molar-refractivity contribution is 5.94. The van der Waals surface area contributed by atoms with Crippen LogP contribution in [-0.4, -0.2) is 20.3 Å². The van der Waals surface area contributed by atoms with Gasteiger partial charge in [0, 0.05) is 32.1 Å². The van der Waals surface area contributed by atoms with Crippen LogP contribution in [0, 0.1) is 0 Å². The fourth-order valence-corrected chi connectivity index (χ4v) is 1.50. The van der Waals surface area contributed by atoms with Gasteiger partial charge in [-0.25, -0.2) is 9.97 Å². The highest BCUT2D eigenvalue weighted by atomic mass is 16.1. The first-order valence-corrected chi connectivity index (χ1v) is 4.88. The van der Waals surface area contributed by atoms with E-state index in [2.05, 4.69) is 9.97 Å². The quantitative estimate of drug-likeness (QED) is 0.771. The van der Waals surface area contributed by atoms with Crippen molar-refractivity contribution in [3.8, 4) is 0 Å². The maximum Gasteiger partial charge on any atom is 0.202 e. The molecule has 0 unspecified atom stereocenters. The van der Waals surface area contributed by atoms with E-state index in [1.54, 1.807) is 42.3 Å². The van der Waals surface area contributed by atoms with Crippen LogP contribution in [0.2, 0.25) is 0 Å². The number of nitrogens with zero attached hydrogens (tertiary/aromatic N) is 3. The highest BCUT2D eigenvalue weighted by Crippen LogP contribution is 2.07. The van der Waals surface area contributed by atoms with E-state index in [4.69, 9.17) is 5.73 Å². The molecule has 0 aliphatic rings. The Bertz CT molecular complexity index is 518. The van der Waals surface area contributed by atoms with Crippen molar-refractivity contribution in [3.63, 3.8) is 0 Å². The van der Waals surface area contributed by atoms with E-state index in [0.717, 1.165) is 5.56 Å². The molecular weight excluding hydrogens is 204 g/mol. The number of pyridine rings is 1. The molecule has 0 aliphatic heterocycles. The van der Waals surface area contributed by atoms with Gasteiger partial charge in [-0.3, -0.25) is 4.79 Å². The van der Waals surface area contributed by atoms with E-state index in [0.29, 0.717) is 11.6 Å². The van der Waals surface area contributed by atoms with Crippen LogP contribution in [0.25, 0.3) is 0 Å². The van der Waals surface area contributed by atoms with Crippen LogP contribution in [-0.2, 0) is 13.5 Å². The highest BCUT2D eigenvalue weighted by Gasteiger charge is 2.11. The van der Waals surface area contributed by atoms with Crippen molar-refractivity contribution >= 4 is 11.6 Å². The maximum atomic E-state index is 11.9. The molecule has 0 spiro atoms. The summed E-state index contributed by atoms with van der Waals surface area (Å²) in [5.74, 6) is 0.846. The van der Waals surface area contributed by atoms with Crippen molar-refractivity contribution in [1.82, 2.24) is 14.5 Å². The van der Waals surface area contributed by atoms with E-state index >= 15 is 0 Å². The number of anilines is 1. The monoisotopic (exact) mass is 216 g/mol. The Balaban J connectivity index is 2.17. The van der Waals surface area contributed by atoms with Gasteiger partial charge in [0.2, 0.25) is 5.78 Å². The second-order valence-corrected chi connectivity index (χ2v) is 3.55. The minimum atomic E-state index is -0.0295. The second-order valence-electron chi connectivity index (χ2n) is 3.55. The molecule has 2 heterocycles. The summed E-state index contributed by atoms with van der Waals surface area (Å²) in [6.07, 6.45) is 5.23. The maximum absolute atomic E-state index is 11.9. The Morgan fingerprint density at radius 1 is 1.44 bits per heavy atom. The Hall–Kier alpha value is -2.17. The van der Waals surface area contributed by atoms with Crippen molar-refractivity contribution in [2.45, 2.75) is 6.42 Å². The van der Waals surface area contributed by atoms with Gasteiger partial charge in [0.05, 0.1) is 0 Å². The first-order valence-electron chi connectivity index (χ1n) is 4.88. The fourth-order valence-electron chi connectivity index (χ4n) is 1.50. The summed E-state index contributed by atoms with van der Waals surface area (Å²) in [5.41, 5.74) is 6.39. The summed E-state index contributed by atoms with van der Waals surface area (Å²) < 4.78 is 1.70. The largest absolute Gasteiger partial charge is 0.384 e. The van der Waals surface area contributed by atoms with Crippen LogP contribution in [0.4, 0.5) is 5.82 Å². The first-order chi connectivity index (χ1) is 7.66. The second kappa shape index (κ2) is 4.14. The van der Waals surface area contributed by atoms with Crippen LogP contribution in [0.5, 0.6) is 0 Å². The average molecular weight is 216 g/mol. The summed E-state index contributed by atoms with van der Waals surface area (Å²) in [6.45, 7) is 0. The number of ketones is 1. The van der Waals surface area contributed by atoms with E-state index in [-0.39, 0.29) is 12.2 Å². The van der Waals surface area contributed by atoms with Gasteiger partial charge >= 0.3 is 0 Å².